The maximum absolute atomic E-state index is 13.9. The Kier molecular flexibility index (Phi) is 6.58. The van der Waals surface area contributed by atoms with Crippen LogP contribution in [0.5, 0.6) is 0 Å². The van der Waals surface area contributed by atoms with Crippen molar-refractivity contribution >= 4 is 40.6 Å². The molecule has 0 unspecified atom stereocenters. The average Bonchev–Trinajstić information content (AvgIpc) is 2.70. The summed E-state index contributed by atoms with van der Waals surface area (Å²) in [5.41, 5.74) is 0.945. The van der Waals surface area contributed by atoms with Crippen molar-refractivity contribution in [3.63, 3.8) is 0 Å². The van der Waals surface area contributed by atoms with Crippen LogP contribution in [0.2, 0.25) is 5.02 Å². The van der Waals surface area contributed by atoms with Crippen molar-refractivity contribution in [1.29, 1.82) is 5.26 Å². The first-order valence-electron chi connectivity index (χ1n) is 8.98. The summed E-state index contributed by atoms with van der Waals surface area (Å²) in [6.45, 7) is 1.26. The van der Waals surface area contributed by atoms with Crippen molar-refractivity contribution in [2.75, 3.05) is 10.2 Å². The standard InChI is InChI=1S/C22H15ClF2N4O2/c1-13(30)29(19-7-14(12-26)6-17(25)9-19)21-11-18(4-5-27-21)28-22(31)8-15-2-3-16(24)10-20(15)23/h2-7,9-11H,8H2,1H3,(H,27,28,31). The number of nitrogens with one attached hydrogen (secondary N) is 1. The molecule has 6 nitrogen and oxygen atoms in total. The van der Waals surface area contributed by atoms with Gasteiger partial charge in [-0.15, -0.1) is 0 Å². The Morgan fingerprint density at radius 2 is 1.90 bits per heavy atom. The summed E-state index contributed by atoms with van der Waals surface area (Å²) in [7, 11) is 0. The SMILES string of the molecule is CC(=O)N(c1cc(F)cc(C#N)c1)c1cc(NC(=O)Cc2ccc(F)cc2Cl)ccn1. The molecule has 0 atom stereocenters. The molecule has 9 heteroatoms. The van der Waals surface area contributed by atoms with E-state index >= 15 is 0 Å². The smallest absolute Gasteiger partial charge is 0.229 e. The molecule has 0 aliphatic rings. The molecule has 1 heterocycles. The van der Waals surface area contributed by atoms with Gasteiger partial charge in [-0.25, -0.2) is 13.8 Å². The summed E-state index contributed by atoms with van der Waals surface area (Å²) >= 11 is 5.96. The van der Waals surface area contributed by atoms with Gasteiger partial charge in [0.25, 0.3) is 0 Å². The lowest BCUT2D eigenvalue weighted by Gasteiger charge is -2.21. The van der Waals surface area contributed by atoms with Crippen LogP contribution in [0.4, 0.5) is 26.0 Å². The van der Waals surface area contributed by atoms with Crippen molar-refractivity contribution < 1.29 is 18.4 Å². The van der Waals surface area contributed by atoms with E-state index in [1.54, 1.807) is 0 Å². The number of nitriles is 1. The number of pyridine rings is 1. The van der Waals surface area contributed by atoms with Crippen LogP contribution in [0.3, 0.4) is 0 Å². The van der Waals surface area contributed by atoms with Gasteiger partial charge in [-0.2, -0.15) is 5.26 Å². The van der Waals surface area contributed by atoms with Crippen LogP contribution >= 0.6 is 11.6 Å². The van der Waals surface area contributed by atoms with Gasteiger partial charge in [0.15, 0.2) is 0 Å². The van der Waals surface area contributed by atoms with Gasteiger partial charge >= 0.3 is 0 Å². The number of aromatic nitrogens is 1. The molecule has 156 valence electrons. The highest BCUT2D eigenvalue weighted by Crippen LogP contribution is 2.28. The van der Waals surface area contributed by atoms with Crippen LogP contribution < -0.4 is 10.2 Å². The number of hydrogen-bond donors (Lipinski definition) is 1. The first-order chi connectivity index (χ1) is 14.8. The molecule has 0 fully saturated rings. The minimum Gasteiger partial charge on any atom is -0.326 e. The van der Waals surface area contributed by atoms with E-state index in [-0.39, 0.29) is 28.5 Å². The van der Waals surface area contributed by atoms with Gasteiger partial charge in [-0.1, -0.05) is 17.7 Å². The number of carbonyl (C=O) groups excluding carboxylic acids is 2. The molecule has 0 spiro atoms. The Morgan fingerprint density at radius 1 is 1.13 bits per heavy atom. The summed E-state index contributed by atoms with van der Waals surface area (Å²) in [5.74, 6) is -1.95. The van der Waals surface area contributed by atoms with Crippen molar-refractivity contribution in [1.82, 2.24) is 4.98 Å². The Hall–Kier alpha value is -3.83. The molecular formula is C22H15ClF2N4O2. The maximum Gasteiger partial charge on any atom is 0.229 e. The number of rotatable bonds is 5. The van der Waals surface area contributed by atoms with Gasteiger partial charge in [0.1, 0.15) is 17.5 Å². The first-order valence-corrected chi connectivity index (χ1v) is 9.36. The number of benzene rings is 2. The third kappa shape index (κ3) is 5.41. The highest BCUT2D eigenvalue weighted by molar-refractivity contribution is 6.31. The number of carbonyl (C=O) groups is 2. The van der Waals surface area contributed by atoms with Crippen LogP contribution in [0.25, 0.3) is 0 Å². The summed E-state index contributed by atoms with van der Waals surface area (Å²) < 4.78 is 27.0. The average molecular weight is 441 g/mol. The number of halogens is 3. The summed E-state index contributed by atoms with van der Waals surface area (Å²) in [4.78, 5) is 29.9. The van der Waals surface area contributed by atoms with E-state index in [2.05, 4.69) is 10.3 Å². The normalized spacial score (nSPS) is 10.3. The van der Waals surface area contributed by atoms with E-state index < -0.39 is 23.4 Å². The second kappa shape index (κ2) is 9.32. The summed E-state index contributed by atoms with van der Waals surface area (Å²) in [6.07, 6.45) is 1.28. The number of hydrogen-bond acceptors (Lipinski definition) is 4. The zero-order valence-electron chi connectivity index (χ0n) is 16.2. The molecule has 2 aromatic carbocycles. The van der Waals surface area contributed by atoms with Gasteiger partial charge in [0, 0.05) is 29.9 Å². The Labute approximate surface area is 181 Å². The summed E-state index contributed by atoms with van der Waals surface area (Å²) in [5, 5.41) is 11.9. The predicted octanol–water partition coefficient (Wildman–Crippen LogP) is 4.75. The highest BCUT2D eigenvalue weighted by Gasteiger charge is 2.18. The van der Waals surface area contributed by atoms with Crippen LogP contribution in [0.15, 0.2) is 54.7 Å². The van der Waals surface area contributed by atoms with Crippen LogP contribution in [0, 0.1) is 23.0 Å². The minimum atomic E-state index is -0.680. The Morgan fingerprint density at radius 3 is 2.58 bits per heavy atom. The molecule has 2 amide bonds. The second-order valence-electron chi connectivity index (χ2n) is 6.53. The van der Waals surface area contributed by atoms with Gasteiger partial charge in [-0.05, 0) is 42.0 Å². The molecule has 3 aromatic rings. The Bertz CT molecular complexity index is 1210. The lowest BCUT2D eigenvalue weighted by atomic mass is 10.1. The molecule has 31 heavy (non-hydrogen) atoms. The van der Waals surface area contributed by atoms with E-state index in [0.717, 1.165) is 23.1 Å². The molecule has 3 rings (SSSR count). The van der Waals surface area contributed by atoms with Gasteiger partial charge in [-0.3, -0.25) is 14.5 Å². The molecule has 0 bridgehead atoms. The second-order valence-corrected chi connectivity index (χ2v) is 6.93. The molecule has 0 saturated heterocycles. The number of amides is 2. The van der Waals surface area contributed by atoms with Crippen LogP contribution in [-0.2, 0) is 16.0 Å². The fraction of sp³-hybridized carbons (Fsp3) is 0.0909. The van der Waals surface area contributed by atoms with Crippen LogP contribution in [-0.4, -0.2) is 16.8 Å². The van der Waals surface area contributed by atoms with E-state index in [9.17, 15) is 18.4 Å². The predicted molar refractivity (Wildman–Crippen MR) is 112 cm³/mol. The minimum absolute atomic E-state index is 0.0434. The zero-order chi connectivity index (χ0) is 22.5. The molecule has 0 aliphatic heterocycles. The van der Waals surface area contributed by atoms with Crippen LogP contribution in [0.1, 0.15) is 18.1 Å². The molecule has 1 N–H and O–H groups in total. The fourth-order valence-electron chi connectivity index (χ4n) is 2.90. The lowest BCUT2D eigenvalue weighted by molar-refractivity contribution is -0.116. The van der Waals surface area contributed by atoms with Crippen molar-refractivity contribution in [2.45, 2.75) is 13.3 Å². The fourth-order valence-corrected chi connectivity index (χ4v) is 3.14. The first kappa shape index (κ1) is 21.9. The topological polar surface area (TPSA) is 86.1 Å². The van der Waals surface area contributed by atoms with Gasteiger partial charge < -0.3 is 5.32 Å². The van der Waals surface area contributed by atoms with E-state index in [0.29, 0.717) is 11.3 Å². The van der Waals surface area contributed by atoms with Gasteiger partial charge in [0.05, 0.1) is 23.7 Å². The summed E-state index contributed by atoms with van der Waals surface area (Å²) in [6, 6.07) is 12.0. The third-order valence-electron chi connectivity index (χ3n) is 4.21. The number of nitrogens with zero attached hydrogens (tertiary/aromatic N) is 3. The molecular weight excluding hydrogens is 426 g/mol. The zero-order valence-corrected chi connectivity index (χ0v) is 17.0. The highest BCUT2D eigenvalue weighted by atomic mass is 35.5. The largest absolute Gasteiger partial charge is 0.326 e. The number of anilines is 3. The quantitative estimate of drug-likeness (QED) is 0.620. The molecule has 0 radical (unpaired) electrons. The van der Waals surface area contributed by atoms with Gasteiger partial charge in [0.2, 0.25) is 11.8 Å². The van der Waals surface area contributed by atoms with Crippen molar-refractivity contribution in [3.05, 3.63) is 82.5 Å². The molecule has 0 aliphatic carbocycles. The lowest BCUT2D eigenvalue weighted by Crippen LogP contribution is -2.24. The molecule has 1 aromatic heterocycles. The van der Waals surface area contributed by atoms with E-state index in [4.69, 9.17) is 16.9 Å². The maximum atomic E-state index is 13.9. The van der Waals surface area contributed by atoms with E-state index in [1.807, 2.05) is 6.07 Å². The third-order valence-corrected chi connectivity index (χ3v) is 4.56. The molecule has 0 saturated carbocycles. The monoisotopic (exact) mass is 440 g/mol. The van der Waals surface area contributed by atoms with E-state index in [1.165, 1.54) is 43.5 Å². The Balaban J connectivity index is 1.85. The van der Waals surface area contributed by atoms with Crippen molar-refractivity contribution in [2.24, 2.45) is 0 Å². The van der Waals surface area contributed by atoms with Crippen molar-refractivity contribution in [3.8, 4) is 6.07 Å².